The van der Waals surface area contributed by atoms with Crippen LogP contribution in [0.3, 0.4) is 0 Å². The monoisotopic (exact) mass is 301 g/mol. The molecule has 0 spiro atoms. The van der Waals surface area contributed by atoms with E-state index in [9.17, 15) is 0 Å². The standard InChI is InChI=1S/C19H31N3/c1-16(2)22-15-8-5-11-18(22)17-10-9-12-20-19(17)21-13-6-3-4-7-14-21/h9-10,12,16,18H,3-8,11,13-15H2,1-2H3/t18-/m0/s1. The maximum absolute atomic E-state index is 4.81. The summed E-state index contributed by atoms with van der Waals surface area (Å²) in [5.74, 6) is 1.27. The number of hydrogen-bond donors (Lipinski definition) is 0. The van der Waals surface area contributed by atoms with Crippen molar-refractivity contribution in [1.82, 2.24) is 9.88 Å². The van der Waals surface area contributed by atoms with Crippen LogP contribution in [0.2, 0.25) is 0 Å². The smallest absolute Gasteiger partial charge is 0.133 e. The lowest BCUT2D eigenvalue weighted by atomic mass is 9.94. The van der Waals surface area contributed by atoms with Gasteiger partial charge in [-0.1, -0.05) is 25.3 Å². The quantitative estimate of drug-likeness (QED) is 0.825. The Morgan fingerprint density at radius 1 is 1.00 bits per heavy atom. The van der Waals surface area contributed by atoms with Gasteiger partial charge in [0.1, 0.15) is 5.82 Å². The highest BCUT2D eigenvalue weighted by atomic mass is 15.2. The summed E-state index contributed by atoms with van der Waals surface area (Å²) in [6, 6.07) is 5.63. The first-order valence-electron chi connectivity index (χ1n) is 9.23. The molecule has 2 fully saturated rings. The summed E-state index contributed by atoms with van der Waals surface area (Å²) in [7, 11) is 0. The van der Waals surface area contributed by atoms with Crippen molar-refractivity contribution in [2.75, 3.05) is 24.5 Å². The molecule has 1 atom stereocenters. The number of rotatable bonds is 3. The second-order valence-electron chi connectivity index (χ2n) is 7.16. The number of pyridine rings is 1. The van der Waals surface area contributed by atoms with E-state index in [-0.39, 0.29) is 0 Å². The predicted molar refractivity (Wildman–Crippen MR) is 93.4 cm³/mol. The van der Waals surface area contributed by atoms with Gasteiger partial charge in [-0.05, 0) is 52.1 Å². The molecular weight excluding hydrogens is 270 g/mol. The van der Waals surface area contributed by atoms with Crippen LogP contribution < -0.4 is 4.90 Å². The molecular formula is C19H31N3. The minimum absolute atomic E-state index is 0.556. The van der Waals surface area contributed by atoms with Gasteiger partial charge in [0, 0.05) is 36.9 Å². The maximum atomic E-state index is 4.81. The Morgan fingerprint density at radius 2 is 1.73 bits per heavy atom. The summed E-state index contributed by atoms with van der Waals surface area (Å²) < 4.78 is 0. The number of hydrogen-bond acceptors (Lipinski definition) is 3. The van der Waals surface area contributed by atoms with Crippen molar-refractivity contribution in [3.8, 4) is 0 Å². The Morgan fingerprint density at radius 3 is 2.45 bits per heavy atom. The fourth-order valence-electron chi connectivity index (χ4n) is 4.12. The Bertz CT molecular complexity index is 464. The lowest BCUT2D eigenvalue weighted by Gasteiger charge is -2.40. The van der Waals surface area contributed by atoms with Crippen molar-refractivity contribution in [2.24, 2.45) is 0 Å². The van der Waals surface area contributed by atoms with Crippen LogP contribution in [-0.2, 0) is 0 Å². The van der Waals surface area contributed by atoms with Gasteiger partial charge in [0.2, 0.25) is 0 Å². The van der Waals surface area contributed by atoms with E-state index < -0.39 is 0 Å². The molecule has 2 aliphatic rings. The Balaban J connectivity index is 1.89. The number of aromatic nitrogens is 1. The summed E-state index contributed by atoms with van der Waals surface area (Å²) in [6.07, 6.45) is 11.3. The normalized spacial score (nSPS) is 24.5. The Labute approximate surface area is 135 Å². The first-order valence-corrected chi connectivity index (χ1v) is 9.23. The molecule has 0 radical (unpaired) electrons. The van der Waals surface area contributed by atoms with E-state index in [2.05, 4.69) is 35.8 Å². The zero-order chi connectivity index (χ0) is 15.4. The van der Waals surface area contributed by atoms with Gasteiger partial charge in [0.15, 0.2) is 0 Å². The van der Waals surface area contributed by atoms with E-state index in [1.54, 1.807) is 0 Å². The van der Waals surface area contributed by atoms with Crippen LogP contribution in [0.15, 0.2) is 18.3 Å². The highest BCUT2D eigenvalue weighted by Gasteiger charge is 2.29. The summed E-state index contributed by atoms with van der Waals surface area (Å²) in [5.41, 5.74) is 1.47. The van der Waals surface area contributed by atoms with Crippen molar-refractivity contribution in [1.29, 1.82) is 0 Å². The molecule has 2 aliphatic heterocycles. The molecule has 1 aromatic rings. The van der Waals surface area contributed by atoms with E-state index in [4.69, 9.17) is 4.98 Å². The highest BCUT2D eigenvalue weighted by molar-refractivity contribution is 5.48. The zero-order valence-corrected chi connectivity index (χ0v) is 14.3. The molecule has 0 aliphatic carbocycles. The molecule has 22 heavy (non-hydrogen) atoms. The molecule has 0 unspecified atom stereocenters. The molecule has 3 heteroatoms. The van der Waals surface area contributed by atoms with Gasteiger partial charge in [0.05, 0.1) is 0 Å². The molecule has 0 bridgehead atoms. The van der Waals surface area contributed by atoms with E-state index in [1.165, 1.54) is 76.0 Å². The van der Waals surface area contributed by atoms with Gasteiger partial charge in [-0.2, -0.15) is 0 Å². The van der Waals surface area contributed by atoms with Gasteiger partial charge >= 0.3 is 0 Å². The molecule has 0 amide bonds. The zero-order valence-electron chi connectivity index (χ0n) is 14.3. The first-order chi connectivity index (χ1) is 10.8. The van der Waals surface area contributed by atoms with Gasteiger partial charge in [0.25, 0.3) is 0 Å². The van der Waals surface area contributed by atoms with E-state index in [0.717, 1.165) is 0 Å². The first kappa shape index (κ1) is 15.8. The van der Waals surface area contributed by atoms with Gasteiger partial charge in [-0.15, -0.1) is 0 Å². The highest BCUT2D eigenvalue weighted by Crippen LogP contribution is 2.37. The fraction of sp³-hybridized carbons (Fsp3) is 0.737. The summed E-state index contributed by atoms with van der Waals surface area (Å²) in [6.45, 7) is 8.26. The number of piperidine rings is 1. The molecule has 3 rings (SSSR count). The number of likely N-dealkylation sites (tertiary alicyclic amines) is 1. The molecule has 2 saturated heterocycles. The molecule has 3 nitrogen and oxygen atoms in total. The average molecular weight is 301 g/mol. The number of anilines is 1. The second kappa shape index (κ2) is 7.45. The van der Waals surface area contributed by atoms with Gasteiger partial charge in [-0.3, -0.25) is 4.90 Å². The molecule has 0 saturated carbocycles. The fourth-order valence-corrected chi connectivity index (χ4v) is 4.12. The van der Waals surface area contributed by atoms with E-state index >= 15 is 0 Å². The second-order valence-corrected chi connectivity index (χ2v) is 7.16. The number of nitrogens with zero attached hydrogens (tertiary/aromatic N) is 3. The largest absolute Gasteiger partial charge is 0.356 e. The molecule has 1 aromatic heterocycles. The van der Waals surface area contributed by atoms with Crippen molar-refractivity contribution < 1.29 is 0 Å². The Kier molecular flexibility index (Phi) is 5.35. The third-order valence-electron chi connectivity index (χ3n) is 5.29. The van der Waals surface area contributed by atoms with E-state index in [0.29, 0.717) is 12.1 Å². The van der Waals surface area contributed by atoms with Crippen LogP contribution in [0.5, 0.6) is 0 Å². The van der Waals surface area contributed by atoms with Gasteiger partial charge in [-0.25, -0.2) is 4.98 Å². The average Bonchev–Trinajstić information content (AvgIpc) is 2.84. The minimum Gasteiger partial charge on any atom is -0.356 e. The molecule has 0 N–H and O–H groups in total. The maximum Gasteiger partial charge on any atom is 0.133 e. The van der Waals surface area contributed by atoms with Crippen LogP contribution in [-0.4, -0.2) is 35.6 Å². The lowest BCUT2D eigenvalue weighted by Crippen LogP contribution is -2.39. The van der Waals surface area contributed by atoms with Crippen molar-refractivity contribution in [2.45, 2.75) is 70.9 Å². The van der Waals surface area contributed by atoms with Crippen LogP contribution in [0.4, 0.5) is 5.82 Å². The SMILES string of the molecule is CC(C)N1CCCC[C@H]1c1cccnc1N1CCCCCC1. The van der Waals surface area contributed by atoms with Crippen LogP contribution >= 0.6 is 0 Å². The molecule has 3 heterocycles. The third-order valence-corrected chi connectivity index (χ3v) is 5.29. The molecule has 122 valence electrons. The Hall–Kier alpha value is -1.09. The minimum atomic E-state index is 0.556. The van der Waals surface area contributed by atoms with Crippen LogP contribution in [0.25, 0.3) is 0 Å². The summed E-state index contributed by atoms with van der Waals surface area (Å²) >= 11 is 0. The third kappa shape index (κ3) is 3.45. The predicted octanol–water partition coefficient (Wildman–Crippen LogP) is 4.40. The van der Waals surface area contributed by atoms with Crippen LogP contribution in [0.1, 0.15) is 70.4 Å². The topological polar surface area (TPSA) is 19.4 Å². The lowest BCUT2D eigenvalue weighted by molar-refractivity contribution is 0.112. The van der Waals surface area contributed by atoms with Crippen molar-refractivity contribution >= 4 is 5.82 Å². The van der Waals surface area contributed by atoms with Crippen molar-refractivity contribution in [3.05, 3.63) is 23.9 Å². The van der Waals surface area contributed by atoms with Crippen LogP contribution in [0, 0.1) is 0 Å². The summed E-state index contributed by atoms with van der Waals surface area (Å²) in [4.78, 5) is 10.0. The molecule has 0 aromatic carbocycles. The summed E-state index contributed by atoms with van der Waals surface area (Å²) in [5, 5.41) is 0. The van der Waals surface area contributed by atoms with E-state index in [1.807, 2.05) is 6.20 Å². The van der Waals surface area contributed by atoms with Crippen molar-refractivity contribution in [3.63, 3.8) is 0 Å². The van der Waals surface area contributed by atoms with Gasteiger partial charge < -0.3 is 4.90 Å².